The first kappa shape index (κ1) is 29.5. The number of piperidine rings is 1. The van der Waals surface area contributed by atoms with Crippen molar-refractivity contribution < 1.29 is 50.9 Å². The normalized spacial score (nSPS) is 19.8. The number of carbonyl (C=O) groups is 3. The molecule has 2 saturated heterocycles. The van der Waals surface area contributed by atoms with Crippen molar-refractivity contribution in [3.05, 3.63) is 42.5 Å². The molecule has 0 saturated carbocycles. The summed E-state index contributed by atoms with van der Waals surface area (Å²) >= 11 is 0. The summed E-state index contributed by atoms with van der Waals surface area (Å²) in [4.78, 5) is 38.8. The van der Waals surface area contributed by atoms with E-state index >= 15 is 0 Å². The van der Waals surface area contributed by atoms with Gasteiger partial charge in [-0.3, -0.25) is 19.4 Å². The van der Waals surface area contributed by atoms with Crippen LogP contribution in [0.15, 0.2) is 36.9 Å². The van der Waals surface area contributed by atoms with Crippen molar-refractivity contribution in [2.75, 3.05) is 11.4 Å². The van der Waals surface area contributed by atoms with E-state index in [0.717, 1.165) is 31.6 Å². The van der Waals surface area contributed by atoms with Gasteiger partial charge in [-0.05, 0) is 30.5 Å². The second-order valence-corrected chi connectivity index (χ2v) is 8.03. The number of rotatable bonds is 3. The van der Waals surface area contributed by atoms with Crippen LogP contribution in [0.3, 0.4) is 0 Å². The van der Waals surface area contributed by atoms with Crippen LogP contribution in [0.5, 0.6) is 0 Å². The molecule has 2 aliphatic rings. The molecule has 2 aromatic rings. The summed E-state index contributed by atoms with van der Waals surface area (Å²) in [5, 5.41) is 18.5. The third-order valence-corrected chi connectivity index (χ3v) is 5.47. The summed E-state index contributed by atoms with van der Waals surface area (Å²) < 4.78 is 65.2. The zero-order valence-corrected chi connectivity index (χ0v) is 19.3. The Morgan fingerprint density at radius 2 is 1.54 bits per heavy atom. The number of aryl methyl sites for hydroxylation is 1. The van der Waals surface area contributed by atoms with E-state index < -0.39 is 24.3 Å². The van der Waals surface area contributed by atoms with Crippen LogP contribution >= 0.6 is 0 Å². The van der Waals surface area contributed by atoms with Crippen LogP contribution in [0.4, 0.5) is 32.0 Å². The number of nitrogens with zero attached hydrogens (tertiary/aromatic N) is 5. The van der Waals surface area contributed by atoms with Crippen molar-refractivity contribution in [1.82, 2.24) is 19.7 Å². The van der Waals surface area contributed by atoms with Crippen LogP contribution in [0, 0.1) is 0 Å². The van der Waals surface area contributed by atoms with Crippen LogP contribution < -0.4 is 4.90 Å². The Balaban J connectivity index is 0.000000286. The molecule has 0 aliphatic carbocycles. The number of aromatic nitrogens is 3. The van der Waals surface area contributed by atoms with E-state index in [9.17, 15) is 31.1 Å². The second-order valence-electron chi connectivity index (χ2n) is 8.03. The lowest BCUT2D eigenvalue weighted by molar-refractivity contribution is -0.193. The average Bonchev–Trinajstić information content (AvgIpc) is 3.40. The largest absolute Gasteiger partial charge is 0.490 e. The van der Waals surface area contributed by atoms with Gasteiger partial charge >= 0.3 is 24.3 Å². The van der Waals surface area contributed by atoms with E-state index in [-0.39, 0.29) is 11.9 Å². The fourth-order valence-corrected chi connectivity index (χ4v) is 3.94. The third-order valence-electron chi connectivity index (χ3n) is 5.47. The predicted octanol–water partition coefficient (Wildman–Crippen LogP) is 2.85. The zero-order chi connectivity index (χ0) is 28.0. The standard InChI is InChI=1S/C17H21N5O.2C2HF3O2/c1-20-12-14(10-19-20)22-16-6-9-21(15(16)2-3-17(22)23)11-13-4-7-18-8-5-13;2*3-2(4,5)1(6)7/h4-5,7-8,10,12,15-16H,2-3,6,9,11H2,1H3;2*(H,6,7)/t15-,16-;;/m1../s1. The number of alkyl halides is 6. The van der Waals surface area contributed by atoms with Gasteiger partial charge in [0, 0.05) is 51.2 Å². The molecule has 0 bridgehead atoms. The van der Waals surface area contributed by atoms with Crippen molar-refractivity contribution in [3.8, 4) is 0 Å². The fraction of sp³-hybridized carbons (Fsp3) is 0.476. The first-order valence-electron chi connectivity index (χ1n) is 10.6. The lowest BCUT2D eigenvalue weighted by atomic mass is 9.95. The number of anilines is 1. The van der Waals surface area contributed by atoms with Crippen LogP contribution in [0.2, 0.25) is 0 Å². The average molecular weight is 539 g/mol. The van der Waals surface area contributed by atoms with Gasteiger partial charge in [-0.2, -0.15) is 31.4 Å². The summed E-state index contributed by atoms with van der Waals surface area (Å²) in [7, 11) is 1.89. The van der Waals surface area contributed by atoms with Gasteiger partial charge in [0.15, 0.2) is 0 Å². The number of carbonyl (C=O) groups excluding carboxylic acids is 1. The molecule has 0 unspecified atom stereocenters. The van der Waals surface area contributed by atoms with Gasteiger partial charge in [0.2, 0.25) is 5.91 Å². The maximum absolute atomic E-state index is 12.5. The van der Waals surface area contributed by atoms with Gasteiger partial charge in [0.1, 0.15) is 0 Å². The van der Waals surface area contributed by atoms with E-state index in [1.165, 1.54) is 5.56 Å². The van der Waals surface area contributed by atoms with Gasteiger partial charge in [-0.1, -0.05) is 0 Å². The molecule has 16 heteroatoms. The van der Waals surface area contributed by atoms with Crippen LogP contribution in [-0.2, 0) is 28.0 Å². The molecule has 37 heavy (non-hydrogen) atoms. The number of pyridine rings is 1. The number of aliphatic carboxylic acids is 2. The molecule has 2 aliphatic heterocycles. The summed E-state index contributed by atoms with van der Waals surface area (Å²) in [6.45, 7) is 1.96. The number of carboxylic acid groups (broad SMARTS) is 2. The van der Waals surface area contributed by atoms with Gasteiger partial charge < -0.3 is 15.1 Å². The Bertz CT molecular complexity index is 1050. The maximum atomic E-state index is 12.5. The molecule has 204 valence electrons. The summed E-state index contributed by atoms with van der Waals surface area (Å²) in [5.74, 6) is -5.29. The number of hydrogen-bond acceptors (Lipinski definition) is 6. The van der Waals surface area contributed by atoms with E-state index in [2.05, 4.69) is 27.1 Å². The summed E-state index contributed by atoms with van der Waals surface area (Å²) in [5.41, 5.74) is 2.21. The number of halogens is 6. The van der Waals surface area contributed by atoms with Crippen molar-refractivity contribution in [2.45, 2.75) is 50.2 Å². The van der Waals surface area contributed by atoms with Crippen molar-refractivity contribution in [2.24, 2.45) is 7.05 Å². The first-order chi connectivity index (χ1) is 17.1. The second kappa shape index (κ2) is 12.0. The fourth-order valence-electron chi connectivity index (χ4n) is 3.94. The van der Waals surface area contributed by atoms with E-state index in [4.69, 9.17) is 19.8 Å². The Morgan fingerprint density at radius 3 is 2.00 bits per heavy atom. The van der Waals surface area contributed by atoms with Gasteiger partial charge in [-0.15, -0.1) is 0 Å². The zero-order valence-electron chi connectivity index (χ0n) is 19.3. The Hall–Kier alpha value is -3.69. The third kappa shape index (κ3) is 8.44. The van der Waals surface area contributed by atoms with Crippen LogP contribution in [0.1, 0.15) is 24.8 Å². The number of likely N-dealkylation sites (tertiary alicyclic amines) is 1. The molecule has 2 N–H and O–H groups in total. The molecule has 1 amide bonds. The molecule has 4 rings (SSSR count). The van der Waals surface area contributed by atoms with E-state index in [0.29, 0.717) is 12.5 Å². The highest BCUT2D eigenvalue weighted by Crippen LogP contribution is 2.35. The molecule has 0 radical (unpaired) electrons. The molecule has 2 atom stereocenters. The molecular formula is C21H23F6N5O5. The van der Waals surface area contributed by atoms with Gasteiger partial charge in [0.25, 0.3) is 0 Å². The minimum absolute atomic E-state index is 0.227. The lowest BCUT2D eigenvalue weighted by Crippen LogP contribution is -2.52. The molecule has 10 nitrogen and oxygen atoms in total. The van der Waals surface area contributed by atoms with Crippen LogP contribution in [0.25, 0.3) is 0 Å². The molecule has 2 fully saturated rings. The van der Waals surface area contributed by atoms with Gasteiger partial charge in [0.05, 0.1) is 17.9 Å². The minimum Gasteiger partial charge on any atom is -0.475 e. The topological polar surface area (TPSA) is 129 Å². The number of amides is 1. The monoisotopic (exact) mass is 539 g/mol. The van der Waals surface area contributed by atoms with Crippen molar-refractivity contribution in [1.29, 1.82) is 0 Å². The molecule has 0 aromatic carbocycles. The number of carboxylic acids is 2. The Morgan fingerprint density at radius 1 is 1.00 bits per heavy atom. The van der Waals surface area contributed by atoms with Crippen LogP contribution in [-0.4, -0.2) is 78.7 Å². The van der Waals surface area contributed by atoms with Gasteiger partial charge in [-0.25, -0.2) is 9.59 Å². The highest BCUT2D eigenvalue weighted by atomic mass is 19.4. The summed E-state index contributed by atoms with van der Waals surface area (Å²) in [6, 6.07) is 4.84. The van der Waals surface area contributed by atoms with Crippen molar-refractivity contribution >= 4 is 23.5 Å². The van der Waals surface area contributed by atoms with E-state index in [1.807, 2.05) is 30.5 Å². The first-order valence-corrected chi connectivity index (χ1v) is 10.6. The Labute approximate surface area is 206 Å². The Kier molecular flexibility index (Phi) is 9.61. The van der Waals surface area contributed by atoms with E-state index in [1.54, 1.807) is 10.9 Å². The molecular weight excluding hydrogens is 516 g/mol. The number of fused-ring (bicyclic) bond motifs is 1. The quantitative estimate of drug-likeness (QED) is 0.570. The number of hydrogen-bond donors (Lipinski definition) is 2. The minimum atomic E-state index is -5.08. The summed E-state index contributed by atoms with van der Waals surface area (Å²) in [6.07, 6.45) is -0.160. The smallest absolute Gasteiger partial charge is 0.475 e. The lowest BCUT2D eigenvalue weighted by Gasteiger charge is -2.39. The molecule has 2 aromatic heterocycles. The maximum Gasteiger partial charge on any atom is 0.490 e. The predicted molar refractivity (Wildman–Crippen MR) is 114 cm³/mol. The highest BCUT2D eigenvalue weighted by Gasteiger charge is 2.44. The van der Waals surface area contributed by atoms with Crippen molar-refractivity contribution in [3.63, 3.8) is 0 Å². The SMILES string of the molecule is Cn1cc(N2C(=O)CC[C@@H]3[C@H]2CCN3Cc2ccncc2)cn1.O=C(O)C(F)(F)F.O=C(O)C(F)(F)F. The molecule has 0 spiro atoms. The molecule has 4 heterocycles. The highest BCUT2D eigenvalue weighted by molar-refractivity contribution is 5.94.